The van der Waals surface area contributed by atoms with Gasteiger partial charge in [-0.15, -0.1) is 11.8 Å². The summed E-state index contributed by atoms with van der Waals surface area (Å²) in [6.07, 6.45) is 0. The first-order valence-electron chi connectivity index (χ1n) is 5.32. The molecule has 0 spiro atoms. The summed E-state index contributed by atoms with van der Waals surface area (Å²) in [4.78, 5) is 12.8. The molecule has 0 saturated carbocycles. The molecule has 0 radical (unpaired) electrons. The highest BCUT2D eigenvalue weighted by molar-refractivity contribution is 7.99. The van der Waals surface area contributed by atoms with Crippen molar-refractivity contribution in [3.05, 3.63) is 29.8 Å². The molecule has 0 aliphatic carbocycles. The second kappa shape index (κ2) is 6.55. The molecule has 88 valence electrons. The van der Waals surface area contributed by atoms with Gasteiger partial charge in [0.15, 0.2) is 0 Å². The molecular weight excluding hydrogens is 222 g/mol. The molecule has 0 bridgehead atoms. The van der Waals surface area contributed by atoms with Crippen LogP contribution in [0, 0.1) is 0 Å². The van der Waals surface area contributed by atoms with Gasteiger partial charge in [0.05, 0.1) is 6.61 Å². The van der Waals surface area contributed by atoms with E-state index in [0.717, 1.165) is 10.6 Å². The van der Waals surface area contributed by atoms with Gasteiger partial charge in [0.2, 0.25) is 0 Å². The van der Waals surface area contributed by atoms with Gasteiger partial charge in [-0.1, -0.05) is 13.0 Å². The number of thioether (sulfide) groups is 1. The van der Waals surface area contributed by atoms with E-state index in [2.05, 4.69) is 12.2 Å². The van der Waals surface area contributed by atoms with Crippen LogP contribution in [0.15, 0.2) is 29.2 Å². The SMILES string of the molecule is CCSc1cccc(C(=O)NC(C)CO)c1. The van der Waals surface area contributed by atoms with E-state index in [4.69, 9.17) is 5.11 Å². The van der Waals surface area contributed by atoms with Crippen molar-refractivity contribution in [3.8, 4) is 0 Å². The van der Waals surface area contributed by atoms with Crippen molar-refractivity contribution in [2.45, 2.75) is 24.8 Å². The van der Waals surface area contributed by atoms with Crippen LogP contribution < -0.4 is 5.32 Å². The molecule has 1 aromatic rings. The third-order valence-corrected chi connectivity index (χ3v) is 2.93. The van der Waals surface area contributed by atoms with E-state index in [1.54, 1.807) is 24.8 Å². The van der Waals surface area contributed by atoms with E-state index < -0.39 is 0 Å². The third kappa shape index (κ3) is 3.87. The Morgan fingerprint density at radius 2 is 2.31 bits per heavy atom. The lowest BCUT2D eigenvalue weighted by Gasteiger charge is -2.11. The number of rotatable bonds is 5. The second-order valence-corrected chi connectivity index (χ2v) is 4.86. The zero-order chi connectivity index (χ0) is 12.0. The van der Waals surface area contributed by atoms with E-state index in [-0.39, 0.29) is 18.6 Å². The monoisotopic (exact) mass is 239 g/mol. The van der Waals surface area contributed by atoms with Gasteiger partial charge in [-0.25, -0.2) is 0 Å². The first kappa shape index (κ1) is 13.1. The van der Waals surface area contributed by atoms with Gasteiger partial charge >= 0.3 is 0 Å². The summed E-state index contributed by atoms with van der Waals surface area (Å²) in [5.41, 5.74) is 0.638. The highest BCUT2D eigenvalue weighted by Crippen LogP contribution is 2.18. The lowest BCUT2D eigenvalue weighted by Crippen LogP contribution is -2.34. The first-order valence-corrected chi connectivity index (χ1v) is 6.30. The van der Waals surface area contributed by atoms with Gasteiger partial charge in [0.25, 0.3) is 5.91 Å². The lowest BCUT2D eigenvalue weighted by molar-refractivity contribution is 0.0922. The van der Waals surface area contributed by atoms with Crippen molar-refractivity contribution in [3.63, 3.8) is 0 Å². The minimum absolute atomic E-state index is 0.0465. The summed E-state index contributed by atoms with van der Waals surface area (Å²) >= 11 is 1.70. The Morgan fingerprint density at radius 3 is 2.94 bits per heavy atom. The van der Waals surface area contributed by atoms with E-state index in [1.807, 2.05) is 18.2 Å². The van der Waals surface area contributed by atoms with Crippen LogP contribution in [0.1, 0.15) is 24.2 Å². The maximum Gasteiger partial charge on any atom is 0.251 e. The number of hydrogen-bond donors (Lipinski definition) is 2. The number of benzene rings is 1. The fraction of sp³-hybridized carbons (Fsp3) is 0.417. The van der Waals surface area contributed by atoms with Crippen LogP contribution in [-0.2, 0) is 0 Å². The Bertz CT molecular complexity index is 355. The standard InChI is InChI=1S/C12H17NO2S/c1-3-16-11-6-4-5-10(7-11)12(15)13-9(2)8-14/h4-7,9,14H,3,8H2,1-2H3,(H,13,15). The number of amides is 1. The lowest BCUT2D eigenvalue weighted by atomic mass is 10.2. The molecule has 1 aromatic carbocycles. The number of carbonyl (C=O) groups is 1. The molecule has 1 amide bonds. The number of aliphatic hydroxyl groups excluding tert-OH is 1. The van der Waals surface area contributed by atoms with Gasteiger partial charge in [-0.3, -0.25) is 4.79 Å². The maximum absolute atomic E-state index is 11.7. The van der Waals surface area contributed by atoms with Crippen LogP contribution >= 0.6 is 11.8 Å². The molecular formula is C12H17NO2S. The molecule has 1 atom stereocenters. The van der Waals surface area contributed by atoms with Crippen LogP contribution in [0.25, 0.3) is 0 Å². The van der Waals surface area contributed by atoms with Crippen LogP contribution in [0.2, 0.25) is 0 Å². The molecule has 4 heteroatoms. The fourth-order valence-electron chi connectivity index (χ4n) is 1.25. The van der Waals surface area contributed by atoms with Gasteiger partial charge in [-0.2, -0.15) is 0 Å². The molecule has 0 aromatic heterocycles. The molecule has 3 nitrogen and oxygen atoms in total. The van der Waals surface area contributed by atoms with Crippen LogP contribution in [0.5, 0.6) is 0 Å². The van der Waals surface area contributed by atoms with Crippen molar-refractivity contribution in [1.82, 2.24) is 5.32 Å². The average Bonchev–Trinajstić information content (AvgIpc) is 2.29. The highest BCUT2D eigenvalue weighted by atomic mass is 32.2. The number of nitrogens with one attached hydrogen (secondary N) is 1. The average molecular weight is 239 g/mol. The van der Waals surface area contributed by atoms with E-state index in [0.29, 0.717) is 5.56 Å². The molecule has 1 unspecified atom stereocenters. The number of hydrogen-bond acceptors (Lipinski definition) is 3. The summed E-state index contributed by atoms with van der Waals surface area (Å²) < 4.78 is 0. The smallest absolute Gasteiger partial charge is 0.251 e. The zero-order valence-electron chi connectivity index (χ0n) is 9.56. The van der Waals surface area contributed by atoms with Crippen molar-refractivity contribution in [2.24, 2.45) is 0 Å². The Morgan fingerprint density at radius 1 is 1.56 bits per heavy atom. The summed E-state index contributed by atoms with van der Waals surface area (Å²) in [5, 5.41) is 11.6. The Kier molecular flexibility index (Phi) is 5.35. The fourth-order valence-corrected chi connectivity index (χ4v) is 1.96. The van der Waals surface area contributed by atoms with Crippen molar-refractivity contribution < 1.29 is 9.90 Å². The molecule has 0 saturated heterocycles. The third-order valence-electron chi connectivity index (χ3n) is 2.06. The van der Waals surface area contributed by atoms with E-state index >= 15 is 0 Å². The van der Waals surface area contributed by atoms with Crippen molar-refractivity contribution in [2.75, 3.05) is 12.4 Å². The zero-order valence-corrected chi connectivity index (χ0v) is 10.4. The summed E-state index contributed by atoms with van der Waals surface area (Å²) in [7, 11) is 0. The summed E-state index contributed by atoms with van der Waals surface area (Å²) in [5.74, 6) is 0.845. The number of aliphatic hydroxyl groups is 1. The van der Waals surface area contributed by atoms with Crippen LogP contribution in [0.4, 0.5) is 0 Å². The second-order valence-electron chi connectivity index (χ2n) is 3.52. The summed E-state index contributed by atoms with van der Waals surface area (Å²) in [6, 6.07) is 7.29. The Hall–Kier alpha value is -1.00. The molecule has 0 heterocycles. The topological polar surface area (TPSA) is 49.3 Å². The quantitative estimate of drug-likeness (QED) is 0.772. The normalized spacial score (nSPS) is 12.2. The highest BCUT2D eigenvalue weighted by Gasteiger charge is 2.09. The van der Waals surface area contributed by atoms with Crippen LogP contribution in [-0.4, -0.2) is 29.4 Å². The minimum atomic E-state index is -0.213. The maximum atomic E-state index is 11.7. The molecule has 0 aliphatic heterocycles. The molecule has 1 rings (SSSR count). The first-order chi connectivity index (χ1) is 7.67. The molecule has 2 N–H and O–H groups in total. The van der Waals surface area contributed by atoms with Gasteiger partial charge in [0.1, 0.15) is 0 Å². The van der Waals surface area contributed by atoms with Crippen molar-refractivity contribution in [1.29, 1.82) is 0 Å². The van der Waals surface area contributed by atoms with Gasteiger partial charge < -0.3 is 10.4 Å². The van der Waals surface area contributed by atoms with Gasteiger partial charge in [-0.05, 0) is 30.9 Å². The summed E-state index contributed by atoms with van der Waals surface area (Å²) in [6.45, 7) is 3.79. The van der Waals surface area contributed by atoms with Crippen molar-refractivity contribution >= 4 is 17.7 Å². The predicted molar refractivity (Wildman–Crippen MR) is 66.9 cm³/mol. The largest absolute Gasteiger partial charge is 0.394 e. The van der Waals surface area contributed by atoms with Gasteiger partial charge in [0, 0.05) is 16.5 Å². The van der Waals surface area contributed by atoms with Crippen LogP contribution in [0.3, 0.4) is 0 Å². The molecule has 16 heavy (non-hydrogen) atoms. The molecule has 0 fully saturated rings. The Balaban J connectivity index is 2.71. The molecule has 0 aliphatic rings. The predicted octanol–water partition coefficient (Wildman–Crippen LogP) is 1.91. The number of carbonyl (C=O) groups excluding carboxylic acids is 1. The van der Waals surface area contributed by atoms with E-state index in [1.165, 1.54) is 0 Å². The Labute approximate surface area is 100 Å². The minimum Gasteiger partial charge on any atom is -0.394 e. The van der Waals surface area contributed by atoms with E-state index in [9.17, 15) is 4.79 Å².